The smallest absolute Gasteiger partial charge is 0.248 e. The summed E-state index contributed by atoms with van der Waals surface area (Å²) in [5, 5.41) is 5.66. The zero-order valence-corrected chi connectivity index (χ0v) is 16.9. The van der Waals surface area contributed by atoms with Crippen molar-refractivity contribution in [3.05, 3.63) is 60.2 Å². The minimum Gasteiger partial charge on any atom is -0.494 e. The molecule has 2 aromatic carbocycles. The Morgan fingerprint density at radius 3 is 2.25 bits per heavy atom. The lowest BCUT2D eigenvalue weighted by molar-refractivity contribution is -0.123. The molecule has 2 N–H and O–H groups in total. The monoisotopic (exact) mass is 380 g/mol. The van der Waals surface area contributed by atoms with Crippen molar-refractivity contribution in [2.45, 2.75) is 34.1 Å². The Morgan fingerprint density at radius 1 is 1.00 bits per heavy atom. The third-order valence-corrected chi connectivity index (χ3v) is 3.85. The van der Waals surface area contributed by atoms with Gasteiger partial charge < -0.3 is 15.4 Å². The van der Waals surface area contributed by atoms with E-state index in [9.17, 15) is 9.59 Å². The Bertz CT molecular complexity index is 834. The van der Waals surface area contributed by atoms with Gasteiger partial charge in [0.2, 0.25) is 11.8 Å². The van der Waals surface area contributed by atoms with Crippen LogP contribution in [0.1, 0.15) is 39.7 Å². The quantitative estimate of drug-likeness (QED) is 0.656. The number of hydrogen-bond donors (Lipinski definition) is 2. The van der Waals surface area contributed by atoms with Gasteiger partial charge in [-0.3, -0.25) is 9.59 Å². The topological polar surface area (TPSA) is 67.4 Å². The molecule has 0 fully saturated rings. The molecule has 5 heteroatoms. The molecule has 2 aromatic rings. The van der Waals surface area contributed by atoms with Crippen LogP contribution in [0.4, 0.5) is 11.4 Å². The predicted molar refractivity (Wildman–Crippen MR) is 114 cm³/mol. The molecular formula is C23H28N2O3. The van der Waals surface area contributed by atoms with Crippen molar-refractivity contribution in [3.8, 4) is 5.75 Å². The van der Waals surface area contributed by atoms with E-state index in [0.29, 0.717) is 18.0 Å². The molecule has 2 amide bonds. The summed E-state index contributed by atoms with van der Waals surface area (Å²) in [6.07, 6.45) is 4.18. The number of ether oxygens (including phenoxy) is 1. The highest BCUT2D eigenvalue weighted by Crippen LogP contribution is 2.20. The number of carbonyl (C=O) groups excluding carboxylic acids is 2. The van der Waals surface area contributed by atoms with Crippen molar-refractivity contribution in [2.24, 2.45) is 5.41 Å². The molecule has 0 unspecified atom stereocenters. The second-order valence-electron chi connectivity index (χ2n) is 7.53. The Labute approximate surface area is 166 Å². The van der Waals surface area contributed by atoms with Crippen LogP contribution in [0.2, 0.25) is 0 Å². The first-order chi connectivity index (χ1) is 13.3. The maximum Gasteiger partial charge on any atom is 0.248 e. The molecular weight excluding hydrogens is 352 g/mol. The Hall–Kier alpha value is -3.08. The normalized spacial score (nSPS) is 11.3. The number of hydrogen-bond acceptors (Lipinski definition) is 3. The molecule has 0 heterocycles. The van der Waals surface area contributed by atoms with Crippen LogP contribution in [0.3, 0.4) is 0 Å². The van der Waals surface area contributed by atoms with Crippen LogP contribution in [0.15, 0.2) is 54.6 Å². The number of anilines is 2. The van der Waals surface area contributed by atoms with Crippen LogP contribution in [0.25, 0.3) is 6.08 Å². The van der Waals surface area contributed by atoms with Gasteiger partial charge in [0.15, 0.2) is 0 Å². The lowest BCUT2D eigenvalue weighted by Gasteiger charge is -2.18. The van der Waals surface area contributed by atoms with Gasteiger partial charge in [-0.25, -0.2) is 0 Å². The van der Waals surface area contributed by atoms with Crippen molar-refractivity contribution in [1.29, 1.82) is 0 Å². The van der Waals surface area contributed by atoms with E-state index in [1.54, 1.807) is 30.3 Å². The highest BCUT2D eigenvalue weighted by molar-refractivity contribution is 6.02. The molecule has 0 radical (unpaired) electrons. The first-order valence-electron chi connectivity index (χ1n) is 9.41. The predicted octanol–water partition coefficient (Wildman–Crippen LogP) is 5.11. The van der Waals surface area contributed by atoms with Crippen LogP contribution in [-0.4, -0.2) is 18.4 Å². The van der Waals surface area contributed by atoms with Crippen molar-refractivity contribution in [3.63, 3.8) is 0 Å². The van der Waals surface area contributed by atoms with E-state index in [4.69, 9.17) is 4.74 Å². The van der Waals surface area contributed by atoms with Crippen LogP contribution < -0.4 is 15.4 Å². The van der Waals surface area contributed by atoms with Crippen molar-refractivity contribution < 1.29 is 14.3 Å². The van der Waals surface area contributed by atoms with Gasteiger partial charge in [0.25, 0.3) is 0 Å². The van der Waals surface area contributed by atoms with Crippen molar-refractivity contribution in [1.82, 2.24) is 0 Å². The molecule has 0 saturated heterocycles. The Balaban J connectivity index is 1.94. The minimum absolute atomic E-state index is 0.0813. The van der Waals surface area contributed by atoms with E-state index in [2.05, 4.69) is 17.6 Å². The fraction of sp³-hybridized carbons (Fsp3) is 0.304. The van der Waals surface area contributed by atoms with Gasteiger partial charge in [-0.2, -0.15) is 0 Å². The van der Waals surface area contributed by atoms with Crippen LogP contribution >= 0.6 is 0 Å². The van der Waals surface area contributed by atoms with Crippen LogP contribution in [0.5, 0.6) is 5.75 Å². The molecule has 0 aromatic heterocycles. The van der Waals surface area contributed by atoms with Gasteiger partial charge in [0.1, 0.15) is 5.75 Å². The fourth-order valence-corrected chi connectivity index (χ4v) is 2.24. The first-order valence-corrected chi connectivity index (χ1v) is 9.41. The molecule has 0 aliphatic rings. The summed E-state index contributed by atoms with van der Waals surface area (Å²) in [4.78, 5) is 24.3. The average Bonchev–Trinajstić information content (AvgIpc) is 2.65. The largest absolute Gasteiger partial charge is 0.494 e. The summed E-state index contributed by atoms with van der Waals surface area (Å²) in [6, 6.07) is 14.6. The molecule has 148 valence electrons. The molecule has 0 spiro atoms. The van der Waals surface area contributed by atoms with E-state index in [0.717, 1.165) is 17.7 Å². The Morgan fingerprint density at radius 2 is 1.64 bits per heavy atom. The lowest BCUT2D eigenvalue weighted by Crippen LogP contribution is -2.27. The molecule has 2 rings (SSSR count). The summed E-state index contributed by atoms with van der Waals surface area (Å²) >= 11 is 0. The van der Waals surface area contributed by atoms with E-state index >= 15 is 0 Å². The minimum atomic E-state index is -0.487. The highest BCUT2D eigenvalue weighted by atomic mass is 16.5. The zero-order valence-electron chi connectivity index (χ0n) is 16.9. The molecule has 0 aliphatic carbocycles. The maximum atomic E-state index is 12.2. The molecule has 0 aliphatic heterocycles. The zero-order chi connectivity index (χ0) is 20.6. The third kappa shape index (κ3) is 6.91. The summed E-state index contributed by atoms with van der Waals surface area (Å²) in [7, 11) is 0. The highest BCUT2D eigenvalue weighted by Gasteiger charge is 2.21. The standard InChI is InChI=1S/C23H28N2O3/c1-5-15-28-20-12-9-17(10-13-20)11-14-21(26)24-18-7-6-8-19(16-18)25-22(27)23(2,3)4/h6-14,16H,5,15H2,1-4H3,(H,24,26)(H,25,27). The number of amides is 2. The van der Waals surface area contributed by atoms with Gasteiger partial charge in [-0.05, 0) is 48.4 Å². The van der Waals surface area contributed by atoms with E-state index < -0.39 is 5.41 Å². The average molecular weight is 380 g/mol. The van der Waals surface area contributed by atoms with Crippen LogP contribution in [0, 0.1) is 5.41 Å². The third-order valence-electron chi connectivity index (χ3n) is 3.85. The number of benzene rings is 2. The van der Waals surface area contributed by atoms with Crippen LogP contribution in [-0.2, 0) is 9.59 Å². The lowest BCUT2D eigenvalue weighted by atomic mass is 9.95. The van der Waals surface area contributed by atoms with Gasteiger partial charge in [-0.1, -0.05) is 45.9 Å². The molecule has 0 bridgehead atoms. The Kier molecular flexibility index (Phi) is 7.38. The summed E-state index contributed by atoms with van der Waals surface area (Å²) in [5.41, 5.74) is 1.68. The summed E-state index contributed by atoms with van der Waals surface area (Å²) in [5.74, 6) is 0.491. The SMILES string of the molecule is CCCOc1ccc(C=CC(=O)Nc2cccc(NC(=O)C(C)(C)C)c2)cc1. The second-order valence-corrected chi connectivity index (χ2v) is 7.53. The van der Waals surface area contributed by atoms with Crippen molar-refractivity contribution in [2.75, 3.05) is 17.2 Å². The van der Waals surface area contributed by atoms with Gasteiger partial charge >= 0.3 is 0 Å². The molecule has 5 nitrogen and oxygen atoms in total. The van der Waals surface area contributed by atoms with Gasteiger partial charge in [0, 0.05) is 22.9 Å². The van der Waals surface area contributed by atoms with E-state index in [-0.39, 0.29) is 11.8 Å². The second kappa shape index (κ2) is 9.74. The van der Waals surface area contributed by atoms with Gasteiger partial charge in [-0.15, -0.1) is 0 Å². The van der Waals surface area contributed by atoms with Crippen molar-refractivity contribution >= 4 is 29.3 Å². The molecule has 0 saturated carbocycles. The summed E-state index contributed by atoms with van der Waals surface area (Å²) in [6.45, 7) is 8.29. The van der Waals surface area contributed by atoms with Gasteiger partial charge in [0.05, 0.1) is 6.61 Å². The first kappa shape index (κ1) is 21.2. The van der Waals surface area contributed by atoms with E-state index in [1.165, 1.54) is 6.08 Å². The molecule has 0 atom stereocenters. The number of carbonyl (C=O) groups is 2. The summed E-state index contributed by atoms with van der Waals surface area (Å²) < 4.78 is 5.54. The maximum absolute atomic E-state index is 12.2. The van der Waals surface area contributed by atoms with E-state index in [1.807, 2.05) is 45.0 Å². The molecule has 28 heavy (non-hydrogen) atoms. The number of nitrogens with one attached hydrogen (secondary N) is 2. The fourth-order valence-electron chi connectivity index (χ4n) is 2.24. The number of rotatable bonds is 7.